The van der Waals surface area contributed by atoms with Gasteiger partial charge < -0.3 is 10.6 Å². The van der Waals surface area contributed by atoms with Crippen LogP contribution < -0.4 is 10.6 Å². The van der Waals surface area contributed by atoms with Crippen molar-refractivity contribution in [2.24, 2.45) is 0 Å². The average Bonchev–Trinajstić information content (AvgIpc) is 2.97. The molecule has 0 spiro atoms. The lowest BCUT2D eigenvalue weighted by molar-refractivity contribution is 0.252. The zero-order valence-electron chi connectivity index (χ0n) is 13.5. The maximum absolute atomic E-state index is 12.0. The van der Waals surface area contributed by atoms with Gasteiger partial charge >= 0.3 is 6.03 Å². The van der Waals surface area contributed by atoms with E-state index in [1.165, 1.54) is 0 Å². The first-order valence-corrected chi connectivity index (χ1v) is 8.41. The van der Waals surface area contributed by atoms with E-state index in [4.69, 9.17) is 0 Å². The summed E-state index contributed by atoms with van der Waals surface area (Å²) in [5.41, 5.74) is 3.84. The highest BCUT2D eigenvalue weighted by Gasteiger charge is 2.10. The summed E-state index contributed by atoms with van der Waals surface area (Å²) in [6.45, 7) is 4.41. The number of carbonyl (C=O) groups is 1. The maximum atomic E-state index is 12.0. The number of amides is 2. The third kappa shape index (κ3) is 3.97. The molecule has 2 aromatic heterocycles. The second-order valence-electron chi connectivity index (χ2n) is 5.44. The number of pyridine rings is 1. The van der Waals surface area contributed by atoms with E-state index < -0.39 is 0 Å². The first kappa shape index (κ1) is 16.1. The molecule has 0 atom stereocenters. The molecule has 0 aliphatic heterocycles. The van der Waals surface area contributed by atoms with E-state index in [0.29, 0.717) is 6.54 Å². The van der Waals surface area contributed by atoms with Gasteiger partial charge in [0, 0.05) is 28.5 Å². The highest BCUT2D eigenvalue weighted by atomic mass is 32.1. The third-order valence-electron chi connectivity index (χ3n) is 3.52. The summed E-state index contributed by atoms with van der Waals surface area (Å²) in [7, 11) is 0. The minimum absolute atomic E-state index is 0.227. The zero-order chi connectivity index (χ0) is 16.9. The van der Waals surface area contributed by atoms with E-state index in [-0.39, 0.29) is 6.03 Å². The largest absolute Gasteiger partial charge is 0.333 e. The number of urea groups is 1. The van der Waals surface area contributed by atoms with Crippen molar-refractivity contribution < 1.29 is 4.79 Å². The van der Waals surface area contributed by atoms with Gasteiger partial charge in [-0.25, -0.2) is 9.78 Å². The van der Waals surface area contributed by atoms with Crippen molar-refractivity contribution >= 4 is 23.1 Å². The molecule has 6 heteroatoms. The molecule has 0 radical (unpaired) electrons. The van der Waals surface area contributed by atoms with Crippen LogP contribution in [0.25, 0.3) is 10.6 Å². The maximum Gasteiger partial charge on any atom is 0.319 e. The van der Waals surface area contributed by atoms with Gasteiger partial charge in [0.2, 0.25) is 0 Å². The van der Waals surface area contributed by atoms with Crippen molar-refractivity contribution in [1.29, 1.82) is 0 Å². The van der Waals surface area contributed by atoms with Crippen LogP contribution in [-0.4, -0.2) is 16.0 Å². The molecule has 5 nitrogen and oxygen atoms in total. The van der Waals surface area contributed by atoms with Gasteiger partial charge in [-0.15, -0.1) is 11.3 Å². The highest BCUT2D eigenvalue weighted by Crippen LogP contribution is 2.27. The van der Waals surface area contributed by atoms with Crippen LogP contribution in [0.4, 0.5) is 10.5 Å². The predicted molar refractivity (Wildman–Crippen MR) is 97.1 cm³/mol. The number of aromatic nitrogens is 2. The first-order valence-electron chi connectivity index (χ1n) is 7.60. The summed E-state index contributed by atoms with van der Waals surface area (Å²) >= 11 is 1.57. The second-order valence-corrected chi connectivity index (χ2v) is 6.53. The molecule has 0 aliphatic carbocycles. The van der Waals surface area contributed by atoms with Crippen molar-refractivity contribution in [3.05, 3.63) is 64.9 Å². The molecule has 2 amide bonds. The zero-order valence-corrected chi connectivity index (χ0v) is 14.4. The van der Waals surface area contributed by atoms with Gasteiger partial charge in [0.1, 0.15) is 5.01 Å². The van der Waals surface area contributed by atoms with E-state index >= 15 is 0 Å². The predicted octanol–water partition coefficient (Wildman–Crippen LogP) is 4.14. The Hall–Kier alpha value is -2.73. The van der Waals surface area contributed by atoms with Crippen molar-refractivity contribution in [2.45, 2.75) is 20.4 Å². The quantitative estimate of drug-likeness (QED) is 0.751. The number of anilines is 1. The minimum atomic E-state index is -0.227. The molecule has 0 bridgehead atoms. The molecule has 0 saturated heterocycles. The van der Waals surface area contributed by atoms with E-state index in [9.17, 15) is 4.79 Å². The Labute approximate surface area is 144 Å². The van der Waals surface area contributed by atoms with Crippen molar-refractivity contribution in [1.82, 2.24) is 15.3 Å². The van der Waals surface area contributed by atoms with Crippen molar-refractivity contribution in [2.75, 3.05) is 5.32 Å². The summed E-state index contributed by atoms with van der Waals surface area (Å²) in [5, 5.41) is 6.61. The molecule has 2 N–H and O–H groups in total. The standard InChI is InChI=1S/C18H18N4OS/c1-12-5-7-15(8-6-12)22-18(23)20-11-16-13(2)21-17(24-16)14-4-3-9-19-10-14/h3-10H,11H2,1-2H3,(H2,20,22,23). The lowest BCUT2D eigenvalue weighted by Gasteiger charge is -2.07. The summed E-state index contributed by atoms with van der Waals surface area (Å²) in [6, 6.07) is 11.3. The molecule has 122 valence electrons. The highest BCUT2D eigenvalue weighted by molar-refractivity contribution is 7.15. The number of hydrogen-bond donors (Lipinski definition) is 2. The van der Waals surface area contributed by atoms with Crippen LogP contribution in [0.5, 0.6) is 0 Å². The summed E-state index contributed by atoms with van der Waals surface area (Å²) in [6.07, 6.45) is 3.53. The number of carbonyl (C=O) groups excluding carboxylic acids is 1. The molecule has 3 rings (SSSR count). The average molecular weight is 338 g/mol. The summed E-state index contributed by atoms with van der Waals surface area (Å²) in [4.78, 5) is 21.7. The number of nitrogens with zero attached hydrogens (tertiary/aromatic N) is 2. The molecular weight excluding hydrogens is 320 g/mol. The fraction of sp³-hybridized carbons (Fsp3) is 0.167. The topological polar surface area (TPSA) is 66.9 Å². The Morgan fingerprint density at radius 1 is 1.17 bits per heavy atom. The van der Waals surface area contributed by atoms with Gasteiger partial charge in [0.15, 0.2) is 0 Å². The molecule has 0 unspecified atom stereocenters. The number of aryl methyl sites for hydroxylation is 2. The van der Waals surface area contributed by atoms with Crippen LogP contribution in [0.15, 0.2) is 48.8 Å². The fourth-order valence-corrected chi connectivity index (χ4v) is 3.17. The van der Waals surface area contributed by atoms with E-state index in [2.05, 4.69) is 20.6 Å². The lowest BCUT2D eigenvalue weighted by atomic mass is 10.2. The molecule has 0 saturated carbocycles. The Balaban J connectivity index is 1.61. The Kier molecular flexibility index (Phi) is 4.86. The number of thiazole rings is 1. The molecule has 0 aliphatic rings. The van der Waals surface area contributed by atoms with Crippen LogP contribution in [-0.2, 0) is 6.54 Å². The second kappa shape index (κ2) is 7.23. The van der Waals surface area contributed by atoms with Crippen LogP contribution in [0.2, 0.25) is 0 Å². The van der Waals surface area contributed by atoms with Crippen molar-refractivity contribution in [3.8, 4) is 10.6 Å². The van der Waals surface area contributed by atoms with Crippen LogP contribution in [0.1, 0.15) is 16.1 Å². The molecule has 24 heavy (non-hydrogen) atoms. The lowest BCUT2D eigenvalue weighted by Crippen LogP contribution is -2.28. The van der Waals surface area contributed by atoms with Gasteiger partial charge in [0.05, 0.1) is 12.2 Å². The van der Waals surface area contributed by atoms with Gasteiger partial charge in [0.25, 0.3) is 0 Å². The molecule has 1 aromatic carbocycles. The van der Waals surface area contributed by atoms with E-state index in [1.807, 2.05) is 50.2 Å². The SMILES string of the molecule is Cc1ccc(NC(=O)NCc2sc(-c3cccnc3)nc2C)cc1. The number of nitrogens with one attached hydrogen (secondary N) is 2. The molecule has 3 aromatic rings. The van der Waals surface area contributed by atoms with Crippen LogP contribution >= 0.6 is 11.3 Å². The first-order chi connectivity index (χ1) is 11.6. The normalized spacial score (nSPS) is 10.4. The Morgan fingerprint density at radius 3 is 2.67 bits per heavy atom. The monoisotopic (exact) mass is 338 g/mol. The van der Waals surface area contributed by atoms with E-state index in [0.717, 1.165) is 32.4 Å². The van der Waals surface area contributed by atoms with Gasteiger partial charge in [-0.2, -0.15) is 0 Å². The van der Waals surface area contributed by atoms with E-state index in [1.54, 1.807) is 23.7 Å². The molecular formula is C18H18N4OS. The van der Waals surface area contributed by atoms with Crippen LogP contribution in [0, 0.1) is 13.8 Å². The summed E-state index contributed by atoms with van der Waals surface area (Å²) in [5.74, 6) is 0. The third-order valence-corrected chi connectivity index (χ3v) is 4.73. The Bertz CT molecular complexity index is 828. The van der Waals surface area contributed by atoms with Gasteiger partial charge in [-0.3, -0.25) is 4.98 Å². The number of benzene rings is 1. The molecule has 2 heterocycles. The number of hydrogen-bond acceptors (Lipinski definition) is 4. The van der Waals surface area contributed by atoms with Crippen molar-refractivity contribution in [3.63, 3.8) is 0 Å². The smallest absolute Gasteiger partial charge is 0.319 e. The molecule has 0 fully saturated rings. The summed E-state index contributed by atoms with van der Waals surface area (Å²) < 4.78 is 0. The minimum Gasteiger partial charge on any atom is -0.333 e. The van der Waals surface area contributed by atoms with Crippen LogP contribution in [0.3, 0.4) is 0 Å². The Morgan fingerprint density at radius 2 is 1.96 bits per heavy atom. The van der Waals surface area contributed by atoms with Gasteiger partial charge in [-0.1, -0.05) is 17.7 Å². The fourth-order valence-electron chi connectivity index (χ4n) is 2.18. The number of rotatable bonds is 4. The van der Waals surface area contributed by atoms with Gasteiger partial charge in [-0.05, 0) is 38.1 Å².